The van der Waals surface area contributed by atoms with E-state index in [4.69, 9.17) is 15.2 Å². The lowest BCUT2D eigenvalue weighted by Crippen LogP contribution is -2.02. The van der Waals surface area contributed by atoms with Crippen molar-refractivity contribution in [3.8, 4) is 11.5 Å². The number of nitro groups is 1. The minimum absolute atomic E-state index is 0.0429. The Kier molecular flexibility index (Phi) is 3.94. The number of anilines is 1. The second kappa shape index (κ2) is 5.83. The molecule has 0 unspecified atom stereocenters. The number of nitrogens with two attached hydrogens (primary N) is 1. The summed E-state index contributed by atoms with van der Waals surface area (Å²) in [5.74, 6) is 0.864. The quantitative estimate of drug-likeness (QED) is 0.651. The molecule has 0 aliphatic rings. The Labute approximate surface area is 114 Å². The van der Waals surface area contributed by atoms with Crippen molar-refractivity contribution >= 4 is 11.5 Å². The first-order chi connectivity index (χ1) is 9.60. The standard InChI is InChI=1S/C12H12N4O4/c1-19-9-2-3-10(16(17)18)11(4-9)20-7-8-5-15-12(13)6-14-8/h2-6H,7H2,1H3,(H2,13,15). The van der Waals surface area contributed by atoms with Gasteiger partial charge in [-0.25, -0.2) is 4.98 Å². The molecule has 0 bridgehead atoms. The van der Waals surface area contributed by atoms with Gasteiger partial charge in [0, 0.05) is 12.1 Å². The summed E-state index contributed by atoms with van der Waals surface area (Å²) in [4.78, 5) is 18.2. The second-order valence-electron chi connectivity index (χ2n) is 3.81. The number of hydrogen-bond acceptors (Lipinski definition) is 7. The Morgan fingerprint density at radius 3 is 2.75 bits per heavy atom. The molecule has 1 heterocycles. The highest BCUT2D eigenvalue weighted by Crippen LogP contribution is 2.31. The lowest BCUT2D eigenvalue weighted by atomic mass is 10.3. The molecule has 0 fully saturated rings. The molecule has 0 spiro atoms. The molecule has 8 heteroatoms. The van der Waals surface area contributed by atoms with Gasteiger partial charge in [0.25, 0.3) is 0 Å². The predicted molar refractivity (Wildman–Crippen MR) is 70.4 cm³/mol. The van der Waals surface area contributed by atoms with E-state index in [-0.39, 0.29) is 18.0 Å². The monoisotopic (exact) mass is 276 g/mol. The molecule has 0 saturated carbocycles. The van der Waals surface area contributed by atoms with Gasteiger partial charge in [-0.05, 0) is 6.07 Å². The van der Waals surface area contributed by atoms with Gasteiger partial charge in [0.2, 0.25) is 5.75 Å². The minimum Gasteiger partial charge on any atom is -0.497 e. The minimum atomic E-state index is -0.524. The lowest BCUT2D eigenvalue weighted by molar-refractivity contribution is -0.386. The molecule has 8 nitrogen and oxygen atoms in total. The number of nitrogens with zero attached hydrogens (tertiary/aromatic N) is 3. The van der Waals surface area contributed by atoms with E-state index in [1.54, 1.807) is 0 Å². The zero-order valence-electron chi connectivity index (χ0n) is 10.6. The first-order valence-corrected chi connectivity index (χ1v) is 5.62. The maximum atomic E-state index is 10.9. The first-order valence-electron chi connectivity index (χ1n) is 5.62. The van der Waals surface area contributed by atoms with E-state index in [0.29, 0.717) is 17.3 Å². The van der Waals surface area contributed by atoms with Crippen LogP contribution in [0.5, 0.6) is 11.5 Å². The number of nitro benzene ring substituents is 1. The van der Waals surface area contributed by atoms with Crippen molar-refractivity contribution in [1.29, 1.82) is 0 Å². The molecule has 0 atom stereocenters. The molecule has 0 amide bonds. The highest BCUT2D eigenvalue weighted by Gasteiger charge is 2.16. The van der Waals surface area contributed by atoms with E-state index in [1.807, 2.05) is 0 Å². The molecule has 2 rings (SSSR count). The highest BCUT2D eigenvalue weighted by molar-refractivity contribution is 5.50. The Balaban J connectivity index is 2.18. The van der Waals surface area contributed by atoms with Crippen LogP contribution in [0, 0.1) is 10.1 Å². The number of rotatable bonds is 5. The third kappa shape index (κ3) is 3.10. The van der Waals surface area contributed by atoms with Crippen molar-refractivity contribution in [2.45, 2.75) is 6.61 Å². The van der Waals surface area contributed by atoms with Crippen LogP contribution in [0.3, 0.4) is 0 Å². The molecule has 2 N–H and O–H groups in total. The maximum absolute atomic E-state index is 10.9. The molecule has 1 aromatic carbocycles. The van der Waals surface area contributed by atoms with Crippen molar-refractivity contribution in [2.75, 3.05) is 12.8 Å². The lowest BCUT2D eigenvalue weighted by Gasteiger charge is -2.08. The van der Waals surface area contributed by atoms with Crippen LogP contribution in [0.1, 0.15) is 5.69 Å². The van der Waals surface area contributed by atoms with Gasteiger partial charge in [0.1, 0.15) is 18.2 Å². The largest absolute Gasteiger partial charge is 0.497 e. The Morgan fingerprint density at radius 1 is 1.35 bits per heavy atom. The van der Waals surface area contributed by atoms with Gasteiger partial charge in [-0.2, -0.15) is 0 Å². The number of ether oxygens (including phenoxy) is 2. The number of aromatic nitrogens is 2. The van der Waals surface area contributed by atoms with Crippen molar-refractivity contribution in [3.05, 3.63) is 46.4 Å². The van der Waals surface area contributed by atoms with E-state index in [2.05, 4.69) is 9.97 Å². The average molecular weight is 276 g/mol. The number of nitrogen functional groups attached to an aromatic ring is 1. The van der Waals surface area contributed by atoms with Crippen LogP contribution in [0.25, 0.3) is 0 Å². The van der Waals surface area contributed by atoms with Gasteiger partial charge in [-0.15, -0.1) is 0 Å². The smallest absolute Gasteiger partial charge is 0.311 e. The van der Waals surface area contributed by atoms with E-state index in [0.717, 1.165) is 0 Å². The summed E-state index contributed by atoms with van der Waals surface area (Å²) in [5, 5.41) is 10.9. The summed E-state index contributed by atoms with van der Waals surface area (Å²) in [7, 11) is 1.47. The van der Waals surface area contributed by atoms with Gasteiger partial charge >= 0.3 is 5.69 Å². The summed E-state index contributed by atoms with van der Waals surface area (Å²) in [6, 6.07) is 4.26. The zero-order chi connectivity index (χ0) is 14.5. The van der Waals surface area contributed by atoms with Crippen LogP contribution in [-0.2, 0) is 6.61 Å². The van der Waals surface area contributed by atoms with Crippen LogP contribution >= 0.6 is 0 Å². The summed E-state index contributed by atoms with van der Waals surface area (Å²) < 4.78 is 10.4. The predicted octanol–water partition coefficient (Wildman–Crippen LogP) is 1.55. The molecule has 2 aromatic rings. The van der Waals surface area contributed by atoms with Crippen LogP contribution < -0.4 is 15.2 Å². The highest BCUT2D eigenvalue weighted by atomic mass is 16.6. The molecule has 0 aliphatic heterocycles. The molecule has 1 aromatic heterocycles. The number of methoxy groups -OCH3 is 1. The zero-order valence-corrected chi connectivity index (χ0v) is 10.6. The summed E-state index contributed by atoms with van der Waals surface area (Å²) in [5.41, 5.74) is 5.78. The third-order valence-corrected chi connectivity index (χ3v) is 2.46. The van der Waals surface area contributed by atoms with Gasteiger partial charge in [0.15, 0.2) is 0 Å². The average Bonchev–Trinajstić information content (AvgIpc) is 2.46. The van der Waals surface area contributed by atoms with Crippen molar-refractivity contribution in [3.63, 3.8) is 0 Å². The molecule has 20 heavy (non-hydrogen) atoms. The Morgan fingerprint density at radius 2 is 2.15 bits per heavy atom. The molecule has 0 radical (unpaired) electrons. The normalized spacial score (nSPS) is 10.1. The summed E-state index contributed by atoms with van der Waals surface area (Å²) in [6.45, 7) is 0.0429. The van der Waals surface area contributed by atoms with E-state index < -0.39 is 4.92 Å². The van der Waals surface area contributed by atoms with Gasteiger partial charge in [-0.1, -0.05) is 0 Å². The molecule has 0 aliphatic carbocycles. The van der Waals surface area contributed by atoms with Crippen LogP contribution in [0.15, 0.2) is 30.6 Å². The molecular formula is C12H12N4O4. The first kappa shape index (κ1) is 13.5. The molecule has 104 valence electrons. The maximum Gasteiger partial charge on any atom is 0.311 e. The topological polar surface area (TPSA) is 113 Å². The Hall–Kier alpha value is -2.90. The van der Waals surface area contributed by atoms with E-state index in [9.17, 15) is 10.1 Å². The molecular weight excluding hydrogens is 264 g/mol. The third-order valence-electron chi connectivity index (χ3n) is 2.46. The van der Waals surface area contributed by atoms with Crippen LogP contribution in [-0.4, -0.2) is 22.0 Å². The van der Waals surface area contributed by atoms with Gasteiger partial charge in [-0.3, -0.25) is 15.1 Å². The summed E-state index contributed by atoms with van der Waals surface area (Å²) >= 11 is 0. The van der Waals surface area contributed by atoms with Crippen LogP contribution in [0.4, 0.5) is 11.5 Å². The second-order valence-corrected chi connectivity index (χ2v) is 3.81. The van der Waals surface area contributed by atoms with Crippen molar-refractivity contribution in [2.24, 2.45) is 0 Å². The van der Waals surface area contributed by atoms with Crippen LogP contribution in [0.2, 0.25) is 0 Å². The van der Waals surface area contributed by atoms with Gasteiger partial charge in [0.05, 0.1) is 30.1 Å². The van der Waals surface area contributed by atoms with Crippen molar-refractivity contribution in [1.82, 2.24) is 9.97 Å². The fraction of sp³-hybridized carbons (Fsp3) is 0.167. The van der Waals surface area contributed by atoms with Gasteiger partial charge < -0.3 is 15.2 Å². The van der Waals surface area contributed by atoms with E-state index in [1.165, 1.54) is 37.7 Å². The fourth-order valence-corrected chi connectivity index (χ4v) is 1.48. The SMILES string of the molecule is COc1ccc([N+](=O)[O-])c(OCc2cnc(N)cn2)c1. The number of hydrogen-bond donors (Lipinski definition) is 1. The number of benzene rings is 1. The molecule has 0 saturated heterocycles. The van der Waals surface area contributed by atoms with E-state index >= 15 is 0 Å². The summed E-state index contributed by atoms with van der Waals surface area (Å²) in [6.07, 6.45) is 2.83. The fourth-order valence-electron chi connectivity index (χ4n) is 1.48. The van der Waals surface area contributed by atoms with Crippen molar-refractivity contribution < 1.29 is 14.4 Å². The Bertz CT molecular complexity index is 615.